The maximum atomic E-state index is 13.5. The molecule has 7 nitrogen and oxygen atoms in total. The first-order valence-electron chi connectivity index (χ1n) is 10.4. The minimum Gasteiger partial charge on any atom is -0.456 e. The number of nitrogens with zero attached hydrogens (tertiary/aromatic N) is 3. The van der Waals surface area contributed by atoms with Crippen molar-refractivity contribution in [1.82, 2.24) is 9.21 Å². The van der Waals surface area contributed by atoms with Gasteiger partial charge in [-0.1, -0.05) is 11.6 Å². The lowest BCUT2D eigenvalue weighted by molar-refractivity contribution is 0.167. The van der Waals surface area contributed by atoms with Crippen LogP contribution in [0.4, 0.5) is 5.69 Å². The van der Waals surface area contributed by atoms with Gasteiger partial charge in [-0.15, -0.1) is 0 Å². The van der Waals surface area contributed by atoms with E-state index in [1.54, 1.807) is 18.2 Å². The van der Waals surface area contributed by atoms with Gasteiger partial charge in [0.15, 0.2) is 0 Å². The summed E-state index contributed by atoms with van der Waals surface area (Å²) in [4.78, 5) is 2.45. The van der Waals surface area contributed by atoms with E-state index in [4.69, 9.17) is 22.1 Å². The van der Waals surface area contributed by atoms with Gasteiger partial charge in [0.05, 0.1) is 11.6 Å². The summed E-state index contributed by atoms with van der Waals surface area (Å²) >= 11 is 6.05. The highest BCUT2D eigenvalue weighted by molar-refractivity contribution is 7.89. The number of benzene rings is 2. The molecule has 0 saturated carbocycles. The molecule has 164 valence electrons. The van der Waals surface area contributed by atoms with Crippen molar-refractivity contribution in [2.24, 2.45) is 0 Å². The number of sulfonamides is 1. The third kappa shape index (κ3) is 4.80. The van der Waals surface area contributed by atoms with Gasteiger partial charge >= 0.3 is 0 Å². The number of halogens is 1. The fraction of sp³-hybridized carbons (Fsp3) is 0.409. The number of rotatable bonds is 5. The minimum absolute atomic E-state index is 0.0234. The molecule has 2 aliphatic heterocycles. The molecular weight excluding hydrogens is 436 g/mol. The average Bonchev–Trinajstić information content (AvgIpc) is 3.28. The van der Waals surface area contributed by atoms with Crippen LogP contribution < -0.4 is 10.5 Å². The van der Waals surface area contributed by atoms with E-state index < -0.39 is 10.0 Å². The number of hydrogen-bond donors (Lipinski definition) is 1. The molecule has 31 heavy (non-hydrogen) atoms. The molecule has 2 saturated heterocycles. The van der Waals surface area contributed by atoms with Crippen LogP contribution >= 0.6 is 11.6 Å². The van der Waals surface area contributed by atoms with Crippen LogP contribution in [0.5, 0.6) is 11.5 Å². The van der Waals surface area contributed by atoms with Crippen molar-refractivity contribution in [3.8, 4) is 17.6 Å². The number of nitrogen functional groups attached to an aromatic ring is 1. The monoisotopic (exact) mass is 460 g/mol. The number of hydrogen-bond acceptors (Lipinski definition) is 6. The van der Waals surface area contributed by atoms with E-state index in [0.717, 1.165) is 25.9 Å². The van der Waals surface area contributed by atoms with Crippen molar-refractivity contribution in [2.45, 2.75) is 36.6 Å². The molecule has 4 rings (SSSR count). The van der Waals surface area contributed by atoms with Gasteiger partial charge in [0, 0.05) is 35.9 Å². The number of likely N-dealkylation sites (tertiary alicyclic amines) is 1. The second kappa shape index (κ2) is 9.05. The first-order chi connectivity index (χ1) is 14.9. The Kier molecular flexibility index (Phi) is 6.39. The van der Waals surface area contributed by atoms with Crippen molar-refractivity contribution >= 4 is 27.3 Å². The lowest BCUT2D eigenvalue weighted by Gasteiger charge is -2.36. The molecule has 2 aromatic rings. The maximum absolute atomic E-state index is 13.5. The molecule has 9 heteroatoms. The Balaban J connectivity index is 1.60. The van der Waals surface area contributed by atoms with Crippen molar-refractivity contribution < 1.29 is 13.2 Å². The summed E-state index contributed by atoms with van der Waals surface area (Å²) in [5, 5.41) is 9.69. The molecule has 0 amide bonds. The van der Waals surface area contributed by atoms with Crippen LogP contribution in [-0.2, 0) is 10.0 Å². The lowest BCUT2D eigenvalue weighted by atomic mass is 10.1. The van der Waals surface area contributed by atoms with E-state index in [-0.39, 0.29) is 16.2 Å². The summed E-state index contributed by atoms with van der Waals surface area (Å²) in [5.41, 5.74) is 6.49. The number of nitriles is 1. The summed E-state index contributed by atoms with van der Waals surface area (Å²) in [7, 11) is -3.84. The van der Waals surface area contributed by atoms with E-state index in [2.05, 4.69) is 4.90 Å². The third-order valence-corrected chi connectivity index (χ3v) is 8.03. The van der Waals surface area contributed by atoms with E-state index in [0.29, 0.717) is 35.6 Å². The highest BCUT2D eigenvalue weighted by atomic mass is 35.5. The van der Waals surface area contributed by atoms with Crippen LogP contribution in [0.25, 0.3) is 0 Å². The summed E-state index contributed by atoms with van der Waals surface area (Å²) < 4.78 is 34.4. The highest BCUT2D eigenvalue weighted by Gasteiger charge is 2.34. The van der Waals surface area contributed by atoms with Gasteiger partial charge in [-0.25, -0.2) is 8.42 Å². The van der Waals surface area contributed by atoms with Crippen LogP contribution in [0.2, 0.25) is 5.02 Å². The Bertz CT molecular complexity index is 1080. The number of ether oxygens (including phenoxy) is 1. The summed E-state index contributed by atoms with van der Waals surface area (Å²) in [6, 6.07) is 11.6. The number of nitrogens with two attached hydrogens (primary N) is 1. The zero-order valence-corrected chi connectivity index (χ0v) is 18.7. The second-order valence-corrected chi connectivity index (χ2v) is 10.3. The molecule has 0 aromatic heterocycles. The average molecular weight is 461 g/mol. The summed E-state index contributed by atoms with van der Waals surface area (Å²) in [6.45, 7) is 3.10. The van der Waals surface area contributed by atoms with Crippen molar-refractivity contribution in [3.63, 3.8) is 0 Å². The minimum atomic E-state index is -3.84. The van der Waals surface area contributed by atoms with Gasteiger partial charge in [-0.05, 0) is 69.1 Å². The molecular formula is C22H25ClN4O3S. The number of anilines is 1. The van der Waals surface area contributed by atoms with Crippen LogP contribution in [0.1, 0.15) is 31.2 Å². The Hall–Kier alpha value is -2.31. The highest BCUT2D eigenvalue weighted by Crippen LogP contribution is 2.35. The molecule has 0 bridgehead atoms. The van der Waals surface area contributed by atoms with E-state index in [9.17, 15) is 13.7 Å². The van der Waals surface area contributed by atoms with Crippen LogP contribution in [-0.4, -0.2) is 49.8 Å². The fourth-order valence-corrected chi connectivity index (χ4v) is 6.17. The second-order valence-electron chi connectivity index (χ2n) is 7.97. The SMILES string of the molecule is N#Cc1ccc(Oc2cc(N)cc(Cl)c2)c(S(=O)(=O)N2CCC(N3CCCC3)CC2)c1. The summed E-state index contributed by atoms with van der Waals surface area (Å²) in [6.07, 6.45) is 4.04. The Labute approximate surface area is 188 Å². The first-order valence-corrected chi connectivity index (χ1v) is 12.2. The van der Waals surface area contributed by atoms with Crippen molar-refractivity contribution in [3.05, 3.63) is 47.0 Å². The Morgan fingerprint density at radius 2 is 1.77 bits per heavy atom. The van der Waals surface area contributed by atoms with Crippen LogP contribution in [0, 0.1) is 11.3 Å². The van der Waals surface area contributed by atoms with Crippen LogP contribution in [0.15, 0.2) is 41.3 Å². The maximum Gasteiger partial charge on any atom is 0.246 e. The molecule has 2 fully saturated rings. The molecule has 2 N–H and O–H groups in total. The topological polar surface area (TPSA) is 99.7 Å². The predicted octanol–water partition coefficient (Wildman–Crippen LogP) is 3.84. The molecule has 0 spiro atoms. The van der Waals surface area contributed by atoms with Gasteiger partial charge in [0.2, 0.25) is 10.0 Å². The Morgan fingerprint density at radius 1 is 1.06 bits per heavy atom. The lowest BCUT2D eigenvalue weighted by Crippen LogP contribution is -2.45. The third-order valence-electron chi connectivity index (χ3n) is 5.89. The van der Waals surface area contributed by atoms with Gasteiger partial charge in [-0.2, -0.15) is 9.57 Å². The molecule has 2 aromatic carbocycles. The zero-order chi connectivity index (χ0) is 22.0. The standard InChI is InChI=1S/C22H25ClN4O3S/c23-17-12-18(25)14-20(13-17)30-21-4-3-16(15-24)11-22(21)31(28,29)27-9-5-19(6-10-27)26-7-1-2-8-26/h3-4,11-14,19H,1-2,5-10,25H2. The molecule has 2 heterocycles. The van der Waals surface area contributed by atoms with E-state index >= 15 is 0 Å². The van der Waals surface area contributed by atoms with Crippen molar-refractivity contribution in [2.75, 3.05) is 31.9 Å². The number of piperidine rings is 1. The molecule has 0 radical (unpaired) electrons. The quantitative estimate of drug-likeness (QED) is 0.680. The van der Waals surface area contributed by atoms with Crippen molar-refractivity contribution in [1.29, 1.82) is 5.26 Å². The van der Waals surface area contributed by atoms with E-state index in [1.807, 2.05) is 6.07 Å². The smallest absolute Gasteiger partial charge is 0.246 e. The Morgan fingerprint density at radius 3 is 2.42 bits per heavy atom. The predicted molar refractivity (Wildman–Crippen MR) is 120 cm³/mol. The molecule has 2 aliphatic rings. The molecule has 0 aliphatic carbocycles. The zero-order valence-electron chi connectivity index (χ0n) is 17.1. The van der Waals surface area contributed by atoms with Gasteiger partial charge in [0.25, 0.3) is 0 Å². The largest absolute Gasteiger partial charge is 0.456 e. The first kappa shape index (κ1) is 21.9. The van der Waals surface area contributed by atoms with Gasteiger partial charge in [-0.3, -0.25) is 0 Å². The summed E-state index contributed by atoms with van der Waals surface area (Å²) in [5.74, 6) is 0.473. The molecule has 0 atom stereocenters. The molecule has 0 unspecified atom stereocenters. The van der Waals surface area contributed by atoms with Gasteiger partial charge < -0.3 is 15.4 Å². The fourth-order valence-electron chi connectivity index (χ4n) is 4.33. The van der Waals surface area contributed by atoms with Gasteiger partial charge in [0.1, 0.15) is 16.4 Å². The van der Waals surface area contributed by atoms with Crippen LogP contribution in [0.3, 0.4) is 0 Å². The van der Waals surface area contributed by atoms with E-state index in [1.165, 1.54) is 35.3 Å². The normalized spacial score (nSPS) is 18.7.